The topological polar surface area (TPSA) is 57.6 Å². The second-order valence-electron chi connectivity index (χ2n) is 6.19. The van der Waals surface area contributed by atoms with Gasteiger partial charge in [0.15, 0.2) is 0 Å². The molecule has 7 heteroatoms. The van der Waals surface area contributed by atoms with Crippen LogP contribution >= 0.6 is 0 Å². The number of carbonyl (C=O) groups is 2. The number of carbonyl (C=O) groups excluding carboxylic acids is 1. The third kappa shape index (κ3) is 3.71. The molecule has 1 fully saturated rings. The zero-order chi connectivity index (χ0) is 18.0. The molecule has 1 aliphatic heterocycles. The van der Waals surface area contributed by atoms with Gasteiger partial charge in [0.05, 0.1) is 17.4 Å². The first-order chi connectivity index (χ1) is 11.2. The Morgan fingerprint density at radius 3 is 2.54 bits per heavy atom. The van der Waals surface area contributed by atoms with E-state index in [1.54, 1.807) is 6.92 Å². The molecule has 0 aliphatic carbocycles. The minimum Gasteiger partial charge on any atom is -0.481 e. The second kappa shape index (κ2) is 6.83. The number of benzene rings is 1. The summed E-state index contributed by atoms with van der Waals surface area (Å²) in [5.74, 6) is -1.43. The molecule has 2 rings (SSSR count). The molecule has 1 N–H and O–H groups in total. The fraction of sp³-hybridized carbons (Fsp3) is 0.529. The fourth-order valence-corrected chi connectivity index (χ4v) is 3.18. The highest BCUT2D eigenvalue weighted by Gasteiger charge is 2.42. The first kappa shape index (κ1) is 18.3. The average molecular weight is 343 g/mol. The van der Waals surface area contributed by atoms with Crippen molar-refractivity contribution < 1.29 is 27.9 Å². The van der Waals surface area contributed by atoms with Gasteiger partial charge in [-0.1, -0.05) is 25.1 Å². The van der Waals surface area contributed by atoms with Crippen molar-refractivity contribution in [2.24, 2.45) is 5.41 Å². The molecule has 0 radical (unpaired) electrons. The van der Waals surface area contributed by atoms with Crippen molar-refractivity contribution in [3.63, 3.8) is 0 Å². The van der Waals surface area contributed by atoms with E-state index < -0.39 is 29.0 Å². The largest absolute Gasteiger partial charge is 0.481 e. The van der Waals surface area contributed by atoms with Crippen molar-refractivity contribution in [2.45, 2.75) is 38.8 Å². The van der Waals surface area contributed by atoms with E-state index in [1.807, 2.05) is 0 Å². The Kier molecular flexibility index (Phi) is 5.20. The van der Waals surface area contributed by atoms with Gasteiger partial charge in [0.2, 0.25) is 5.91 Å². The Morgan fingerprint density at radius 2 is 1.96 bits per heavy atom. The number of likely N-dealkylation sites (tertiary alicyclic amines) is 1. The van der Waals surface area contributed by atoms with E-state index in [0.717, 1.165) is 6.07 Å². The summed E-state index contributed by atoms with van der Waals surface area (Å²) < 4.78 is 39.1. The van der Waals surface area contributed by atoms with E-state index >= 15 is 0 Å². The molecule has 132 valence electrons. The summed E-state index contributed by atoms with van der Waals surface area (Å²) in [5, 5.41) is 9.44. The number of hydrogen-bond acceptors (Lipinski definition) is 2. The summed E-state index contributed by atoms with van der Waals surface area (Å²) in [6, 6.07) is 4.98. The van der Waals surface area contributed by atoms with Gasteiger partial charge in [-0.05, 0) is 30.9 Å². The molecule has 24 heavy (non-hydrogen) atoms. The smallest absolute Gasteiger partial charge is 0.416 e. The molecule has 1 aliphatic rings. The van der Waals surface area contributed by atoms with Gasteiger partial charge in [0, 0.05) is 13.1 Å². The number of rotatable bonds is 4. The number of carboxylic acid groups (broad SMARTS) is 1. The third-order valence-corrected chi connectivity index (χ3v) is 4.72. The number of halogens is 3. The Balaban J connectivity index is 2.18. The van der Waals surface area contributed by atoms with Gasteiger partial charge in [-0.25, -0.2) is 0 Å². The van der Waals surface area contributed by atoms with Crippen LogP contribution in [0.3, 0.4) is 0 Å². The van der Waals surface area contributed by atoms with Crippen molar-refractivity contribution in [2.75, 3.05) is 13.1 Å². The number of alkyl halides is 3. The lowest BCUT2D eigenvalue weighted by Gasteiger charge is -2.39. The molecule has 1 amide bonds. The van der Waals surface area contributed by atoms with E-state index in [1.165, 1.54) is 23.1 Å². The lowest BCUT2D eigenvalue weighted by Crippen LogP contribution is -2.50. The van der Waals surface area contributed by atoms with Crippen LogP contribution in [0.25, 0.3) is 0 Å². The highest BCUT2D eigenvalue weighted by molar-refractivity contribution is 5.81. The Labute approximate surface area is 138 Å². The molecule has 1 aromatic carbocycles. The lowest BCUT2D eigenvalue weighted by molar-refractivity contribution is -0.155. The van der Waals surface area contributed by atoms with Gasteiger partial charge in [-0.3, -0.25) is 9.59 Å². The number of piperidine rings is 1. The molecule has 1 aromatic rings. The average Bonchev–Trinajstić information content (AvgIpc) is 2.54. The van der Waals surface area contributed by atoms with E-state index in [9.17, 15) is 27.9 Å². The SMILES string of the molecule is CCC1(C(=O)O)CCCN(C(=O)Cc2ccccc2C(F)(F)F)C1. The van der Waals surface area contributed by atoms with E-state index in [4.69, 9.17) is 0 Å². The minimum absolute atomic E-state index is 0.0475. The van der Waals surface area contributed by atoms with E-state index in [2.05, 4.69) is 0 Å². The summed E-state index contributed by atoms with van der Waals surface area (Å²) in [6.07, 6.45) is -3.51. The highest BCUT2D eigenvalue weighted by atomic mass is 19.4. The zero-order valence-electron chi connectivity index (χ0n) is 13.4. The maximum atomic E-state index is 13.0. The second-order valence-corrected chi connectivity index (χ2v) is 6.19. The predicted molar refractivity (Wildman–Crippen MR) is 81.3 cm³/mol. The van der Waals surface area contributed by atoms with Crippen LogP contribution in [0.1, 0.15) is 37.3 Å². The Bertz CT molecular complexity index is 630. The van der Waals surface area contributed by atoms with Crippen LogP contribution in [-0.2, 0) is 22.2 Å². The first-order valence-electron chi connectivity index (χ1n) is 7.86. The molecule has 1 heterocycles. The number of nitrogens with zero attached hydrogens (tertiary/aromatic N) is 1. The maximum absolute atomic E-state index is 13.0. The molecular weight excluding hydrogens is 323 g/mol. The van der Waals surface area contributed by atoms with Gasteiger partial charge >= 0.3 is 12.1 Å². The molecule has 1 saturated heterocycles. The van der Waals surface area contributed by atoms with Crippen molar-refractivity contribution in [1.29, 1.82) is 0 Å². The molecule has 1 unspecified atom stereocenters. The van der Waals surface area contributed by atoms with Crippen molar-refractivity contribution in [1.82, 2.24) is 4.90 Å². The van der Waals surface area contributed by atoms with E-state index in [0.29, 0.717) is 25.8 Å². The van der Waals surface area contributed by atoms with Gasteiger partial charge in [-0.15, -0.1) is 0 Å². The van der Waals surface area contributed by atoms with E-state index in [-0.39, 0.29) is 18.5 Å². The van der Waals surface area contributed by atoms with Gasteiger partial charge in [-0.2, -0.15) is 13.2 Å². The van der Waals surface area contributed by atoms with Crippen LogP contribution in [0, 0.1) is 5.41 Å². The fourth-order valence-electron chi connectivity index (χ4n) is 3.18. The molecule has 0 bridgehead atoms. The lowest BCUT2D eigenvalue weighted by atomic mass is 9.77. The zero-order valence-corrected chi connectivity index (χ0v) is 13.4. The monoisotopic (exact) mass is 343 g/mol. The standard InChI is InChI=1S/C17H20F3NO3/c1-2-16(15(23)24)8-5-9-21(11-16)14(22)10-12-6-3-4-7-13(12)17(18,19)20/h3-4,6-7H,2,5,8-11H2,1H3,(H,23,24). The Hall–Kier alpha value is -2.05. The molecule has 0 saturated carbocycles. The summed E-state index contributed by atoms with van der Waals surface area (Å²) in [6.45, 7) is 2.18. The molecule has 4 nitrogen and oxygen atoms in total. The van der Waals surface area contributed by atoms with Crippen LogP contribution in [0.4, 0.5) is 13.2 Å². The summed E-state index contributed by atoms with van der Waals surface area (Å²) in [5.41, 5.74) is -1.91. The normalized spacial score (nSPS) is 21.6. The number of aliphatic carboxylic acids is 1. The quantitative estimate of drug-likeness (QED) is 0.912. The molecule has 1 atom stereocenters. The highest BCUT2D eigenvalue weighted by Crippen LogP contribution is 2.35. The van der Waals surface area contributed by atoms with Gasteiger partial charge in [0.25, 0.3) is 0 Å². The van der Waals surface area contributed by atoms with Crippen LogP contribution in [-0.4, -0.2) is 35.0 Å². The third-order valence-electron chi connectivity index (χ3n) is 4.72. The Morgan fingerprint density at radius 1 is 1.29 bits per heavy atom. The van der Waals surface area contributed by atoms with Crippen LogP contribution in [0.5, 0.6) is 0 Å². The van der Waals surface area contributed by atoms with Crippen LogP contribution in [0.2, 0.25) is 0 Å². The predicted octanol–water partition coefficient (Wildman–Crippen LogP) is 3.35. The minimum atomic E-state index is -4.52. The van der Waals surface area contributed by atoms with Gasteiger partial charge in [0.1, 0.15) is 0 Å². The first-order valence-corrected chi connectivity index (χ1v) is 7.86. The molecule has 0 spiro atoms. The maximum Gasteiger partial charge on any atom is 0.416 e. The summed E-state index contributed by atoms with van der Waals surface area (Å²) >= 11 is 0. The van der Waals surface area contributed by atoms with Crippen LogP contribution < -0.4 is 0 Å². The molecule has 0 aromatic heterocycles. The van der Waals surface area contributed by atoms with Crippen molar-refractivity contribution in [3.05, 3.63) is 35.4 Å². The van der Waals surface area contributed by atoms with Crippen molar-refractivity contribution in [3.8, 4) is 0 Å². The number of carboxylic acids is 1. The number of hydrogen-bond donors (Lipinski definition) is 1. The molecular formula is C17H20F3NO3. The summed E-state index contributed by atoms with van der Waals surface area (Å²) in [7, 11) is 0. The van der Waals surface area contributed by atoms with Gasteiger partial charge < -0.3 is 10.0 Å². The summed E-state index contributed by atoms with van der Waals surface area (Å²) in [4.78, 5) is 25.4. The van der Waals surface area contributed by atoms with Crippen molar-refractivity contribution >= 4 is 11.9 Å². The van der Waals surface area contributed by atoms with Crippen LogP contribution in [0.15, 0.2) is 24.3 Å². The number of amides is 1.